The van der Waals surface area contributed by atoms with Crippen molar-refractivity contribution in [1.82, 2.24) is 0 Å². The quantitative estimate of drug-likeness (QED) is 0.406. The third-order valence-electron chi connectivity index (χ3n) is 2.46. The highest BCUT2D eigenvalue weighted by atomic mass is 16.4. The molecular weight excluding hydrogens is 174 g/mol. The fourth-order valence-corrected chi connectivity index (χ4v) is 1.34. The highest BCUT2D eigenvalue weighted by Gasteiger charge is 2.48. The molecule has 0 aliphatic heterocycles. The summed E-state index contributed by atoms with van der Waals surface area (Å²) in [6, 6.07) is 0. The Balaban J connectivity index is 2.94. The summed E-state index contributed by atoms with van der Waals surface area (Å²) in [6.07, 6.45) is -0.376. The van der Waals surface area contributed by atoms with Crippen molar-refractivity contribution in [2.24, 2.45) is 0 Å². The van der Waals surface area contributed by atoms with E-state index in [1.54, 1.807) is 0 Å². The van der Waals surface area contributed by atoms with E-state index >= 15 is 0 Å². The summed E-state index contributed by atoms with van der Waals surface area (Å²) in [7, 11) is 1.32. The summed E-state index contributed by atoms with van der Waals surface area (Å²) in [5.41, 5.74) is -3.62. The van der Waals surface area contributed by atoms with Gasteiger partial charge in [-0.05, 0) is 6.92 Å². The van der Waals surface area contributed by atoms with E-state index < -0.39 is 23.5 Å². The van der Waals surface area contributed by atoms with Gasteiger partial charge in [0.15, 0.2) is 0 Å². The van der Waals surface area contributed by atoms with Gasteiger partial charge in [0, 0.05) is 5.72 Å². The first kappa shape index (κ1) is 10.6. The Morgan fingerprint density at radius 1 is 1.38 bits per heavy atom. The first-order valence-electron chi connectivity index (χ1n) is 3.99. The van der Waals surface area contributed by atoms with Crippen molar-refractivity contribution in [2.75, 3.05) is 7.05 Å². The molecule has 0 aromatic carbocycles. The van der Waals surface area contributed by atoms with Crippen molar-refractivity contribution in [3.05, 3.63) is 17.5 Å². The number of hydrogen-bond donors (Lipinski definition) is 4. The van der Waals surface area contributed by atoms with E-state index in [4.69, 9.17) is 0 Å². The van der Waals surface area contributed by atoms with Crippen molar-refractivity contribution in [3.8, 4) is 0 Å². The van der Waals surface area contributed by atoms with E-state index in [1.807, 2.05) is 0 Å². The number of hydrogen-bond acceptors (Lipinski definition) is 4. The molecule has 0 aromatic heterocycles. The molecule has 1 aliphatic carbocycles. The highest BCUT2D eigenvalue weighted by molar-refractivity contribution is 5.31. The minimum absolute atomic E-state index is 1.16. The molecule has 0 bridgehead atoms. The normalized spacial score (nSPS) is 46.8. The van der Waals surface area contributed by atoms with Crippen molar-refractivity contribution < 1.29 is 20.4 Å². The zero-order valence-corrected chi connectivity index (χ0v) is 7.55. The fraction of sp³-hybridized carbons (Fsp3) is 0.750. The molecule has 0 saturated carbocycles. The predicted octanol–water partition coefficient (Wildman–Crippen LogP) is -1.28. The average molecular weight is 188 g/mol. The van der Waals surface area contributed by atoms with Crippen LogP contribution in [0.25, 0.3) is 5.32 Å². The predicted molar refractivity (Wildman–Crippen MR) is 46.0 cm³/mol. The Bertz CT molecular complexity index is 230. The molecule has 0 heterocycles. The van der Waals surface area contributed by atoms with Crippen LogP contribution in [0.2, 0.25) is 0 Å². The van der Waals surface area contributed by atoms with Gasteiger partial charge in [0.2, 0.25) is 0 Å². The monoisotopic (exact) mass is 188 g/mol. The number of aliphatic hydroxyl groups excluding tert-OH is 2. The number of nitrogens with zero attached hydrogens (tertiary/aromatic N) is 1. The van der Waals surface area contributed by atoms with Crippen molar-refractivity contribution in [2.45, 2.75) is 30.5 Å². The summed E-state index contributed by atoms with van der Waals surface area (Å²) >= 11 is 0. The maximum Gasteiger partial charge on any atom is 0.135 e. The SMILES string of the molecule is C[N-][C@]1(O)C=C[C@@](O)([C@H](C)O)[C@@H]1O. The lowest BCUT2D eigenvalue weighted by Crippen LogP contribution is -2.55. The summed E-state index contributed by atoms with van der Waals surface area (Å²) in [6.45, 7) is 1.33. The van der Waals surface area contributed by atoms with Gasteiger partial charge in [-0.1, -0.05) is 12.2 Å². The van der Waals surface area contributed by atoms with Crippen LogP contribution < -0.4 is 0 Å². The molecule has 5 heteroatoms. The molecule has 0 fully saturated rings. The number of aliphatic hydroxyl groups is 4. The van der Waals surface area contributed by atoms with Crippen LogP contribution in [0.3, 0.4) is 0 Å². The Kier molecular flexibility index (Phi) is 2.48. The molecule has 4 N–H and O–H groups in total. The van der Waals surface area contributed by atoms with Gasteiger partial charge >= 0.3 is 0 Å². The van der Waals surface area contributed by atoms with E-state index in [9.17, 15) is 20.4 Å². The molecular formula is C8H14NO4-. The van der Waals surface area contributed by atoms with Crippen LogP contribution in [0, 0.1) is 0 Å². The van der Waals surface area contributed by atoms with Crippen LogP contribution in [0.4, 0.5) is 0 Å². The van der Waals surface area contributed by atoms with Crippen molar-refractivity contribution >= 4 is 0 Å². The fourth-order valence-electron chi connectivity index (χ4n) is 1.34. The van der Waals surface area contributed by atoms with Crippen LogP contribution in [0.1, 0.15) is 6.92 Å². The maximum atomic E-state index is 9.70. The van der Waals surface area contributed by atoms with Crippen molar-refractivity contribution in [3.63, 3.8) is 0 Å². The lowest BCUT2D eigenvalue weighted by Gasteiger charge is -2.42. The van der Waals surface area contributed by atoms with E-state index in [2.05, 4.69) is 5.32 Å². The van der Waals surface area contributed by atoms with Crippen LogP contribution in [0.15, 0.2) is 12.2 Å². The van der Waals surface area contributed by atoms with Gasteiger partial charge in [-0.15, -0.1) is 0 Å². The second-order valence-corrected chi connectivity index (χ2v) is 3.31. The summed E-state index contributed by atoms with van der Waals surface area (Å²) in [4.78, 5) is 0. The van der Waals surface area contributed by atoms with E-state index in [0.29, 0.717) is 0 Å². The first-order chi connectivity index (χ1) is 5.87. The highest BCUT2D eigenvalue weighted by Crippen LogP contribution is 2.36. The molecule has 0 radical (unpaired) electrons. The molecule has 4 atom stereocenters. The average Bonchev–Trinajstić information content (AvgIpc) is 2.32. The number of likely N-dealkylation sites (N-methyl/N-ethyl adjacent to an activating group) is 1. The molecule has 5 nitrogen and oxygen atoms in total. The molecule has 0 aromatic rings. The molecule has 0 spiro atoms. The molecule has 13 heavy (non-hydrogen) atoms. The van der Waals surface area contributed by atoms with E-state index in [0.717, 1.165) is 6.08 Å². The van der Waals surface area contributed by atoms with Gasteiger partial charge < -0.3 is 25.7 Å². The summed E-state index contributed by atoms with van der Waals surface area (Å²) < 4.78 is 0. The summed E-state index contributed by atoms with van der Waals surface area (Å²) in [5, 5.41) is 41.5. The first-order valence-corrected chi connectivity index (χ1v) is 3.99. The van der Waals surface area contributed by atoms with Crippen LogP contribution in [0.5, 0.6) is 0 Å². The zero-order valence-electron chi connectivity index (χ0n) is 7.55. The Morgan fingerprint density at radius 2 is 1.92 bits per heavy atom. The minimum atomic E-state index is -1.83. The van der Waals surface area contributed by atoms with Gasteiger partial charge in [0.1, 0.15) is 11.7 Å². The van der Waals surface area contributed by atoms with Gasteiger partial charge in [-0.3, -0.25) is 0 Å². The summed E-state index contributed by atoms with van der Waals surface area (Å²) in [5.74, 6) is 0. The van der Waals surface area contributed by atoms with E-state index in [1.165, 1.54) is 20.0 Å². The standard InChI is InChI=1S/C8H14NO4/c1-5(10)7(12)3-4-8(13,9-2)6(7)11/h3-6,10-13H,1-2H3/q-1/t5-,6-,7+,8-/m0/s1. The Morgan fingerprint density at radius 3 is 2.15 bits per heavy atom. The second kappa shape index (κ2) is 3.04. The third-order valence-corrected chi connectivity index (χ3v) is 2.46. The van der Waals surface area contributed by atoms with Gasteiger partial charge in [-0.2, -0.15) is 7.05 Å². The van der Waals surface area contributed by atoms with Gasteiger partial charge in [-0.25, -0.2) is 0 Å². The topological polar surface area (TPSA) is 95.0 Å². The minimum Gasteiger partial charge on any atom is -0.631 e. The molecule has 0 saturated heterocycles. The lowest BCUT2D eigenvalue weighted by molar-refractivity contribution is -0.145. The van der Waals surface area contributed by atoms with Crippen LogP contribution >= 0.6 is 0 Å². The zero-order chi connectivity index (χ0) is 10.3. The van der Waals surface area contributed by atoms with Crippen LogP contribution in [-0.4, -0.2) is 51.0 Å². The Hall–Kier alpha value is -0.460. The smallest absolute Gasteiger partial charge is 0.135 e. The molecule has 1 aliphatic rings. The molecule has 0 amide bonds. The van der Waals surface area contributed by atoms with Crippen molar-refractivity contribution in [1.29, 1.82) is 0 Å². The molecule has 76 valence electrons. The van der Waals surface area contributed by atoms with Crippen LogP contribution in [-0.2, 0) is 0 Å². The van der Waals surface area contributed by atoms with E-state index in [-0.39, 0.29) is 0 Å². The number of rotatable bonds is 2. The second-order valence-electron chi connectivity index (χ2n) is 3.31. The van der Waals surface area contributed by atoms with Gasteiger partial charge in [0.25, 0.3) is 0 Å². The van der Waals surface area contributed by atoms with Gasteiger partial charge in [0.05, 0.1) is 6.10 Å². The maximum absolute atomic E-state index is 9.70. The third kappa shape index (κ3) is 1.38. The molecule has 1 rings (SSSR count). The Labute approximate surface area is 76.3 Å². The largest absolute Gasteiger partial charge is 0.631 e. The lowest BCUT2D eigenvalue weighted by atomic mass is 9.92. The molecule has 0 unspecified atom stereocenters.